The van der Waals surface area contributed by atoms with Crippen LogP contribution in [-0.2, 0) is 9.53 Å². The topological polar surface area (TPSA) is 77.7 Å². The molecule has 1 aromatic heterocycles. The molecule has 3 aromatic rings. The van der Waals surface area contributed by atoms with E-state index < -0.39 is 0 Å². The number of hydrogen-bond acceptors (Lipinski definition) is 4. The number of ether oxygens (including phenoxy) is 1. The maximum atomic E-state index is 13.1. The minimum Gasteiger partial charge on any atom is -0.450 e. The first-order valence-electron chi connectivity index (χ1n) is 12.0. The van der Waals surface area contributed by atoms with Crippen LogP contribution in [0.1, 0.15) is 36.8 Å². The van der Waals surface area contributed by atoms with Crippen molar-refractivity contribution in [1.82, 2.24) is 15.2 Å². The van der Waals surface area contributed by atoms with Crippen LogP contribution in [0.25, 0.3) is 10.9 Å². The van der Waals surface area contributed by atoms with Crippen LogP contribution in [0, 0.1) is 5.92 Å². The summed E-state index contributed by atoms with van der Waals surface area (Å²) in [6, 6.07) is 16.8. The molecule has 2 amide bonds. The average Bonchev–Trinajstić information content (AvgIpc) is 3.28. The summed E-state index contributed by atoms with van der Waals surface area (Å²) >= 11 is 0. The van der Waals surface area contributed by atoms with Gasteiger partial charge in [-0.15, -0.1) is 0 Å². The molecule has 0 aliphatic carbocycles. The highest BCUT2D eigenvalue weighted by Gasteiger charge is 2.28. The Labute approximate surface area is 201 Å². The monoisotopic (exact) mass is 462 g/mol. The standard InChI is InChI=1S/C27H34N4O3/c1-4-34-27(33)31-15-13-20(14-16-31)26(32)29-17-23(19-9-11-21(12-10-19)30(2)3)24-18-28-25-8-6-5-7-22(24)25/h5-12,18,20,23,28H,4,13-17H2,1-3H3,(H,29,32). The molecule has 0 spiro atoms. The summed E-state index contributed by atoms with van der Waals surface area (Å²) in [6.07, 6.45) is 3.07. The predicted molar refractivity (Wildman–Crippen MR) is 135 cm³/mol. The van der Waals surface area contributed by atoms with E-state index in [1.54, 1.807) is 11.8 Å². The van der Waals surface area contributed by atoms with Crippen LogP contribution in [0.4, 0.5) is 10.5 Å². The summed E-state index contributed by atoms with van der Waals surface area (Å²) < 4.78 is 5.09. The van der Waals surface area contributed by atoms with Gasteiger partial charge in [0.15, 0.2) is 0 Å². The van der Waals surface area contributed by atoms with Gasteiger partial charge in [0, 0.05) is 68.4 Å². The van der Waals surface area contributed by atoms with Gasteiger partial charge in [-0.3, -0.25) is 4.79 Å². The Kier molecular flexibility index (Phi) is 7.40. The van der Waals surface area contributed by atoms with E-state index >= 15 is 0 Å². The number of nitrogens with one attached hydrogen (secondary N) is 2. The summed E-state index contributed by atoms with van der Waals surface area (Å²) in [5.74, 6) is -0.0143. The quantitative estimate of drug-likeness (QED) is 0.547. The molecule has 4 rings (SSSR count). The molecule has 1 aliphatic rings. The fourth-order valence-corrected chi connectivity index (χ4v) is 4.68. The number of para-hydroxylation sites is 1. The molecule has 1 atom stereocenters. The Hall–Kier alpha value is -3.48. The smallest absolute Gasteiger partial charge is 0.409 e. The van der Waals surface area contributed by atoms with Gasteiger partial charge in [0.1, 0.15) is 0 Å². The molecule has 0 radical (unpaired) electrons. The van der Waals surface area contributed by atoms with Gasteiger partial charge in [0.25, 0.3) is 0 Å². The molecule has 7 nitrogen and oxygen atoms in total. The van der Waals surface area contributed by atoms with Gasteiger partial charge in [-0.25, -0.2) is 4.79 Å². The van der Waals surface area contributed by atoms with Crippen molar-refractivity contribution >= 4 is 28.6 Å². The van der Waals surface area contributed by atoms with Crippen molar-refractivity contribution in [1.29, 1.82) is 0 Å². The van der Waals surface area contributed by atoms with Crippen LogP contribution in [0.2, 0.25) is 0 Å². The Balaban J connectivity index is 1.48. The lowest BCUT2D eigenvalue weighted by molar-refractivity contribution is -0.126. The van der Waals surface area contributed by atoms with Gasteiger partial charge in [0.2, 0.25) is 5.91 Å². The lowest BCUT2D eigenvalue weighted by Gasteiger charge is -2.31. The second-order valence-corrected chi connectivity index (χ2v) is 9.03. The van der Waals surface area contributed by atoms with E-state index in [0.717, 1.165) is 16.8 Å². The SMILES string of the molecule is CCOC(=O)N1CCC(C(=O)NCC(c2ccc(N(C)C)cc2)c2c[nH]c3ccccc23)CC1. The first-order chi connectivity index (χ1) is 16.5. The maximum absolute atomic E-state index is 13.1. The number of nitrogens with zero attached hydrogens (tertiary/aromatic N) is 2. The number of H-pyrrole nitrogens is 1. The molecular formula is C27H34N4O3. The van der Waals surface area contributed by atoms with Crippen LogP contribution in [0.3, 0.4) is 0 Å². The minimum absolute atomic E-state index is 0.0240. The molecule has 2 aromatic carbocycles. The summed E-state index contributed by atoms with van der Waals surface area (Å²) in [4.78, 5) is 32.1. The van der Waals surface area contributed by atoms with E-state index in [2.05, 4.69) is 57.8 Å². The number of benzene rings is 2. The van der Waals surface area contributed by atoms with Crippen molar-refractivity contribution in [2.45, 2.75) is 25.7 Å². The zero-order valence-corrected chi connectivity index (χ0v) is 20.2. The fourth-order valence-electron chi connectivity index (χ4n) is 4.68. The van der Waals surface area contributed by atoms with Crippen LogP contribution in [0.5, 0.6) is 0 Å². The second kappa shape index (κ2) is 10.6. The van der Waals surface area contributed by atoms with Crippen molar-refractivity contribution in [3.05, 3.63) is 65.9 Å². The average molecular weight is 463 g/mol. The van der Waals surface area contributed by atoms with Crippen molar-refractivity contribution in [3.63, 3.8) is 0 Å². The molecule has 180 valence electrons. The number of aromatic amines is 1. The number of likely N-dealkylation sites (tertiary alicyclic amines) is 1. The molecule has 2 heterocycles. The number of carbonyl (C=O) groups is 2. The van der Waals surface area contributed by atoms with E-state index in [4.69, 9.17) is 4.74 Å². The highest BCUT2D eigenvalue weighted by molar-refractivity contribution is 5.84. The van der Waals surface area contributed by atoms with Crippen molar-refractivity contribution in [3.8, 4) is 0 Å². The zero-order valence-electron chi connectivity index (χ0n) is 20.2. The maximum Gasteiger partial charge on any atom is 0.409 e. The van der Waals surface area contributed by atoms with Gasteiger partial charge in [0.05, 0.1) is 6.61 Å². The van der Waals surface area contributed by atoms with E-state index in [1.165, 1.54) is 10.9 Å². The van der Waals surface area contributed by atoms with E-state index in [0.29, 0.717) is 39.1 Å². The lowest BCUT2D eigenvalue weighted by Crippen LogP contribution is -2.43. The van der Waals surface area contributed by atoms with Crippen molar-refractivity contribution in [2.75, 3.05) is 45.2 Å². The van der Waals surface area contributed by atoms with Crippen LogP contribution >= 0.6 is 0 Å². The number of hydrogen-bond donors (Lipinski definition) is 2. The first-order valence-corrected chi connectivity index (χ1v) is 12.0. The molecule has 7 heteroatoms. The van der Waals surface area contributed by atoms with Crippen LogP contribution < -0.4 is 10.2 Å². The molecule has 1 aliphatic heterocycles. The molecule has 0 saturated carbocycles. The molecule has 1 fully saturated rings. The largest absolute Gasteiger partial charge is 0.450 e. The van der Waals surface area contributed by atoms with Crippen molar-refractivity contribution < 1.29 is 14.3 Å². The number of rotatable bonds is 7. The van der Waals surface area contributed by atoms with Gasteiger partial charge < -0.3 is 24.8 Å². The highest BCUT2D eigenvalue weighted by atomic mass is 16.6. The zero-order chi connectivity index (χ0) is 24.1. The lowest BCUT2D eigenvalue weighted by atomic mass is 9.90. The highest BCUT2D eigenvalue weighted by Crippen LogP contribution is 2.31. The van der Waals surface area contributed by atoms with Crippen LogP contribution in [0.15, 0.2) is 54.7 Å². The number of carbonyl (C=O) groups excluding carboxylic acids is 2. The minimum atomic E-state index is -0.290. The van der Waals surface area contributed by atoms with E-state index in [1.807, 2.05) is 26.2 Å². The molecule has 1 saturated heterocycles. The second-order valence-electron chi connectivity index (χ2n) is 9.03. The van der Waals surface area contributed by atoms with Gasteiger partial charge in [-0.05, 0) is 49.1 Å². The number of aromatic nitrogens is 1. The third-order valence-electron chi connectivity index (χ3n) is 6.68. The third-order valence-corrected chi connectivity index (χ3v) is 6.68. The third kappa shape index (κ3) is 5.19. The number of piperidine rings is 1. The van der Waals surface area contributed by atoms with E-state index in [9.17, 15) is 9.59 Å². The number of fused-ring (bicyclic) bond motifs is 1. The Morgan fingerprint density at radius 3 is 2.50 bits per heavy atom. The summed E-state index contributed by atoms with van der Waals surface area (Å²) in [5, 5.41) is 4.38. The molecule has 1 unspecified atom stereocenters. The van der Waals surface area contributed by atoms with Crippen molar-refractivity contribution in [2.24, 2.45) is 5.92 Å². The fraction of sp³-hybridized carbons (Fsp3) is 0.407. The van der Waals surface area contributed by atoms with Gasteiger partial charge >= 0.3 is 6.09 Å². The van der Waals surface area contributed by atoms with Crippen LogP contribution in [-0.4, -0.2) is 62.2 Å². The Morgan fingerprint density at radius 1 is 1.12 bits per heavy atom. The van der Waals surface area contributed by atoms with Gasteiger partial charge in [-0.2, -0.15) is 0 Å². The molecule has 34 heavy (non-hydrogen) atoms. The van der Waals surface area contributed by atoms with E-state index in [-0.39, 0.29) is 23.8 Å². The summed E-state index contributed by atoms with van der Waals surface area (Å²) in [6.45, 7) is 3.78. The normalized spacial score (nSPS) is 15.2. The Morgan fingerprint density at radius 2 is 1.82 bits per heavy atom. The summed E-state index contributed by atoms with van der Waals surface area (Å²) in [7, 11) is 4.05. The predicted octanol–water partition coefficient (Wildman–Crippen LogP) is 4.35. The number of anilines is 1. The van der Waals surface area contributed by atoms with Gasteiger partial charge in [-0.1, -0.05) is 30.3 Å². The molecular weight excluding hydrogens is 428 g/mol. The molecule has 0 bridgehead atoms. The molecule has 2 N–H and O–H groups in total. The Bertz CT molecular complexity index is 1110. The first kappa shape index (κ1) is 23.7. The summed E-state index contributed by atoms with van der Waals surface area (Å²) in [5.41, 5.74) is 4.56. The number of amides is 2.